The molecule has 0 spiro atoms. The first-order valence-electron chi connectivity index (χ1n) is 7.26. The van der Waals surface area contributed by atoms with Crippen molar-refractivity contribution in [1.82, 2.24) is 10.1 Å². The highest BCUT2D eigenvalue weighted by Gasteiger charge is 2.18. The highest BCUT2D eigenvalue weighted by Crippen LogP contribution is 2.19. The smallest absolute Gasteiger partial charge is 0.242 e. The first-order chi connectivity index (χ1) is 11.4. The van der Waals surface area contributed by atoms with Crippen molar-refractivity contribution < 1.29 is 17.3 Å². The van der Waals surface area contributed by atoms with Crippen LogP contribution in [0.1, 0.15) is 17.0 Å². The lowest BCUT2D eigenvalue weighted by Crippen LogP contribution is -2.08. The van der Waals surface area contributed by atoms with Gasteiger partial charge in [-0.15, -0.1) is 0 Å². The minimum atomic E-state index is -3.50. The molecular formula is C17H15FN2O3S. The Balaban J connectivity index is 1.75. The second-order valence-electron chi connectivity index (χ2n) is 5.54. The molecule has 24 heavy (non-hydrogen) atoms. The van der Waals surface area contributed by atoms with E-state index >= 15 is 0 Å². The summed E-state index contributed by atoms with van der Waals surface area (Å²) in [6.45, 7) is 1.94. The molecule has 3 rings (SSSR count). The molecule has 0 saturated heterocycles. The second kappa shape index (κ2) is 6.52. The van der Waals surface area contributed by atoms with Gasteiger partial charge in [0, 0.05) is 5.56 Å². The van der Waals surface area contributed by atoms with Gasteiger partial charge in [0.2, 0.25) is 11.7 Å². The average Bonchev–Trinajstić information content (AvgIpc) is 2.97. The van der Waals surface area contributed by atoms with E-state index in [2.05, 4.69) is 10.1 Å². The van der Waals surface area contributed by atoms with Crippen LogP contribution in [0.2, 0.25) is 0 Å². The zero-order chi connectivity index (χ0) is 17.2. The lowest BCUT2D eigenvalue weighted by Gasteiger charge is -2.01. The molecule has 0 aliphatic heterocycles. The highest BCUT2D eigenvalue weighted by atomic mass is 32.2. The molecule has 0 fully saturated rings. The van der Waals surface area contributed by atoms with Gasteiger partial charge in [-0.3, -0.25) is 0 Å². The highest BCUT2D eigenvalue weighted by molar-refractivity contribution is 7.89. The van der Waals surface area contributed by atoms with E-state index < -0.39 is 15.7 Å². The van der Waals surface area contributed by atoms with E-state index in [1.807, 2.05) is 31.2 Å². The molecule has 124 valence electrons. The minimum absolute atomic E-state index is 0.0358. The predicted octanol–water partition coefficient (Wildman–Crippen LogP) is 3.30. The molecule has 2 aromatic carbocycles. The standard InChI is InChI=1S/C17H15FN2O3S/c1-12-3-2-4-14(9-12)17-19-16(23-20-17)11-24(21,22)10-13-5-7-15(18)8-6-13/h2-9H,10-11H2,1H3. The molecule has 5 nitrogen and oxygen atoms in total. The number of aromatic nitrogens is 2. The molecule has 7 heteroatoms. The summed E-state index contributed by atoms with van der Waals surface area (Å²) < 4.78 is 42.4. The molecule has 0 N–H and O–H groups in total. The van der Waals surface area contributed by atoms with Gasteiger partial charge in [0.1, 0.15) is 11.6 Å². The fourth-order valence-corrected chi connectivity index (χ4v) is 3.58. The number of halogens is 1. The Morgan fingerprint density at radius 3 is 2.54 bits per heavy atom. The molecule has 0 radical (unpaired) electrons. The van der Waals surface area contributed by atoms with E-state index in [9.17, 15) is 12.8 Å². The summed E-state index contributed by atoms with van der Waals surface area (Å²) >= 11 is 0. The molecule has 0 aliphatic rings. The van der Waals surface area contributed by atoms with Gasteiger partial charge >= 0.3 is 0 Å². The molecule has 0 atom stereocenters. The first-order valence-corrected chi connectivity index (χ1v) is 9.08. The van der Waals surface area contributed by atoms with E-state index in [-0.39, 0.29) is 17.4 Å². The molecule has 0 unspecified atom stereocenters. The van der Waals surface area contributed by atoms with Crippen LogP contribution >= 0.6 is 0 Å². The third-order valence-electron chi connectivity index (χ3n) is 3.39. The van der Waals surface area contributed by atoms with Crippen LogP contribution < -0.4 is 0 Å². The molecule has 0 amide bonds. The second-order valence-corrected chi connectivity index (χ2v) is 7.60. The van der Waals surface area contributed by atoms with Crippen molar-refractivity contribution in [2.75, 3.05) is 0 Å². The Hall–Kier alpha value is -2.54. The largest absolute Gasteiger partial charge is 0.338 e. The van der Waals surface area contributed by atoms with Gasteiger partial charge in [0.25, 0.3) is 0 Å². The maximum Gasteiger partial charge on any atom is 0.242 e. The van der Waals surface area contributed by atoms with Crippen molar-refractivity contribution in [3.8, 4) is 11.4 Å². The number of sulfone groups is 1. The summed E-state index contributed by atoms with van der Waals surface area (Å²) in [7, 11) is -3.50. The third-order valence-corrected chi connectivity index (χ3v) is 4.85. The van der Waals surface area contributed by atoms with Crippen LogP contribution in [-0.4, -0.2) is 18.6 Å². The van der Waals surface area contributed by atoms with Crippen LogP contribution in [-0.2, 0) is 21.3 Å². The first kappa shape index (κ1) is 16.3. The average molecular weight is 346 g/mol. The van der Waals surface area contributed by atoms with Gasteiger partial charge in [-0.25, -0.2) is 12.8 Å². The zero-order valence-corrected chi connectivity index (χ0v) is 13.8. The van der Waals surface area contributed by atoms with Crippen molar-refractivity contribution >= 4 is 9.84 Å². The molecule has 1 aromatic heterocycles. The summed E-state index contributed by atoms with van der Waals surface area (Å²) in [6, 6.07) is 12.9. The van der Waals surface area contributed by atoms with Crippen molar-refractivity contribution in [1.29, 1.82) is 0 Å². The van der Waals surface area contributed by atoms with Gasteiger partial charge < -0.3 is 4.52 Å². The third kappa shape index (κ3) is 4.05. The van der Waals surface area contributed by atoms with Gasteiger partial charge in [0.05, 0.1) is 5.75 Å². The van der Waals surface area contributed by atoms with Crippen LogP contribution in [0.4, 0.5) is 4.39 Å². The molecule has 1 heterocycles. The summed E-state index contributed by atoms with van der Waals surface area (Å²) in [4.78, 5) is 4.15. The Morgan fingerprint density at radius 1 is 1.08 bits per heavy atom. The van der Waals surface area contributed by atoms with E-state index in [1.54, 1.807) is 0 Å². The maximum atomic E-state index is 12.9. The topological polar surface area (TPSA) is 73.1 Å². The van der Waals surface area contributed by atoms with Gasteiger partial charge in [0.15, 0.2) is 9.84 Å². The van der Waals surface area contributed by atoms with Crippen molar-refractivity contribution in [2.45, 2.75) is 18.4 Å². The van der Waals surface area contributed by atoms with Crippen LogP contribution in [0.25, 0.3) is 11.4 Å². The fraction of sp³-hybridized carbons (Fsp3) is 0.176. The Bertz CT molecular complexity index is 950. The van der Waals surface area contributed by atoms with Crippen molar-refractivity contribution in [3.63, 3.8) is 0 Å². The Morgan fingerprint density at radius 2 is 1.83 bits per heavy atom. The van der Waals surface area contributed by atoms with Crippen LogP contribution in [0.15, 0.2) is 53.1 Å². The van der Waals surface area contributed by atoms with Gasteiger partial charge in [-0.1, -0.05) is 41.1 Å². The number of aryl methyl sites for hydroxylation is 1. The fourth-order valence-electron chi connectivity index (χ4n) is 2.29. The van der Waals surface area contributed by atoms with E-state index in [0.29, 0.717) is 11.4 Å². The number of hydrogen-bond donors (Lipinski definition) is 0. The molecule has 3 aromatic rings. The van der Waals surface area contributed by atoms with Crippen molar-refractivity contribution in [2.24, 2.45) is 0 Å². The summed E-state index contributed by atoms with van der Waals surface area (Å²) in [5, 5.41) is 3.83. The lowest BCUT2D eigenvalue weighted by molar-refractivity contribution is 0.389. The SMILES string of the molecule is Cc1cccc(-c2noc(CS(=O)(=O)Cc3ccc(F)cc3)n2)c1. The minimum Gasteiger partial charge on any atom is -0.338 e. The van der Waals surface area contributed by atoms with Crippen molar-refractivity contribution in [3.05, 3.63) is 71.4 Å². The molecule has 0 aliphatic carbocycles. The number of hydrogen-bond acceptors (Lipinski definition) is 5. The Kier molecular flexibility index (Phi) is 4.44. The van der Waals surface area contributed by atoms with E-state index in [1.165, 1.54) is 24.3 Å². The quantitative estimate of drug-likeness (QED) is 0.709. The van der Waals surface area contributed by atoms with Crippen LogP contribution in [0, 0.1) is 12.7 Å². The maximum absolute atomic E-state index is 12.9. The van der Waals surface area contributed by atoms with Crippen LogP contribution in [0.3, 0.4) is 0 Å². The number of benzene rings is 2. The molecular weight excluding hydrogens is 331 g/mol. The van der Waals surface area contributed by atoms with E-state index in [4.69, 9.17) is 4.52 Å². The van der Waals surface area contributed by atoms with Crippen LogP contribution in [0.5, 0.6) is 0 Å². The lowest BCUT2D eigenvalue weighted by atomic mass is 10.1. The monoisotopic (exact) mass is 346 g/mol. The summed E-state index contributed by atoms with van der Waals surface area (Å²) in [6.07, 6.45) is 0. The normalized spacial score (nSPS) is 11.6. The van der Waals surface area contributed by atoms with E-state index in [0.717, 1.165) is 11.1 Å². The number of nitrogens with zero attached hydrogens (tertiary/aromatic N) is 2. The predicted molar refractivity (Wildman–Crippen MR) is 87.2 cm³/mol. The zero-order valence-electron chi connectivity index (χ0n) is 12.9. The van der Waals surface area contributed by atoms with Gasteiger partial charge in [-0.2, -0.15) is 4.98 Å². The van der Waals surface area contributed by atoms with Gasteiger partial charge in [-0.05, 0) is 30.7 Å². The summed E-state index contributed by atoms with van der Waals surface area (Å²) in [5.41, 5.74) is 2.32. The summed E-state index contributed by atoms with van der Waals surface area (Å²) in [5.74, 6) is -0.589. The molecule has 0 bridgehead atoms. The number of rotatable bonds is 5. The molecule has 0 saturated carbocycles. The Labute approximate surface area is 139 Å².